The van der Waals surface area contributed by atoms with Crippen molar-refractivity contribution in [1.29, 1.82) is 0 Å². The highest BCUT2D eigenvalue weighted by atomic mass is 19.2. The highest BCUT2D eigenvalue weighted by Gasteiger charge is 2.14. The fraction of sp³-hybridized carbons (Fsp3) is 0.385. The average molecular weight is 304 g/mol. The first kappa shape index (κ1) is 16.8. The van der Waals surface area contributed by atoms with Gasteiger partial charge in [0.1, 0.15) is 0 Å². The number of nitrogens with zero attached hydrogens (tertiary/aromatic N) is 1. The second-order valence-electron chi connectivity index (χ2n) is 4.38. The molecule has 0 saturated heterocycles. The predicted molar refractivity (Wildman–Crippen MR) is 68.3 cm³/mol. The molecule has 0 saturated carbocycles. The summed E-state index contributed by atoms with van der Waals surface area (Å²) in [5.74, 6) is -5.12. The molecule has 0 heterocycles. The maximum absolute atomic E-state index is 13.4. The lowest BCUT2D eigenvalue weighted by Crippen LogP contribution is -2.39. The Bertz CT molecular complexity index is 538. The maximum atomic E-state index is 13.4. The normalized spacial score (nSPS) is 10.3. The van der Waals surface area contributed by atoms with Gasteiger partial charge in [-0.25, -0.2) is 18.0 Å². The van der Waals surface area contributed by atoms with Gasteiger partial charge in [0.2, 0.25) is 0 Å². The Balaban J connectivity index is 2.45. The van der Waals surface area contributed by atoms with Gasteiger partial charge in [0.05, 0.1) is 6.42 Å². The van der Waals surface area contributed by atoms with Crippen molar-refractivity contribution in [2.45, 2.75) is 12.8 Å². The molecule has 0 radical (unpaired) electrons. The molecule has 2 N–H and O–H groups in total. The van der Waals surface area contributed by atoms with Crippen LogP contribution in [0.5, 0.6) is 0 Å². The van der Waals surface area contributed by atoms with Crippen LogP contribution in [0.4, 0.5) is 18.0 Å². The number of carbonyl (C=O) groups is 2. The Morgan fingerprint density at radius 1 is 1.24 bits per heavy atom. The summed E-state index contributed by atoms with van der Waals surface area (Å²) in [5, 5.41) is 10.9. The zero-order valence-corrected chi connectivity index (χ0v) is 11.3. The lowest BCUT2D eigenvalue weighted by molar-refractivity contribution is -0.137. The highest BCUT2D eigenvalue weighted by molar-refractivity contribution is 5.74. The third-order valence-electron chi connectivity index (χ3n) is 2.79. The summed E-state index contributed by atoms with van der Waals surface area (Å²) in [5.41, 5.74) is -0.0533. The summed E-state index contributed by atoms with van der Waals surface area (Å²) in [6, 6.07) is 1.39. The number of halogens is 3. The van der Waals surface area contributed by atoms with Crippen LogP contribution in [-0.2, 0) is 11.2 Å². The van der Waals surface area contributed by atoms with E-state index in [1.54, 1.807) is 0 Å². The van der Waals surface area contributed by atoms with E-state index in [2.05, 4.69) is 5.32 Å². The second-order valence-corrected chi connectivity index (χ2v) is 4.38. The van der Waals surface area contributed by atoms with Crippen molar-refractivity contribution in [3.8, 4) is 0 Å². The van der Waals surface area contributed by atoms with Gasteiger partial charge in [-0.1, -0.05) is 6.07 Å². The van der Waals surface area contributed by atoms with Crippen molar-refractivity contribution in [3.05, 3.63) is 35.1 Å². The van der Waals surface area contributed by atoms with Crippen molar-refractivity contribution in [2.75, 3.05) is 20.1 Å². The molecule has 8 heteroatoms. The monoisotopic (exact) mass is 304 g/mol. The van der Waals surface area contributed by atoms with Gasteiger partial charge in [0.25, 0.3) is 0 Å². The molecule has 1 aromatic carbocycles. The molecular weight excluding hydrogens is 289 g/mol. The topological polar surface area (TPSA) is 69.6 Å². The standard InChI is InChI=1S/C13H15F3N2O3/c1-18(7-5-10(19)20)13(21)17-6-4-8-2-3-9(14)12(16)11(8)15/h2-3H,4-7H2,1H3,(H,17,21)(H,19,20). The van der Waals surface area contributed by atoms with E-state index in [-0.39, 0.29) is 31.5 Å². The van der Waals surface area contributed by atoms with Crippen LogP contribution in [0.25, 0.3) is 0 Å². The fourth-order valence-electron chi connectivity index (χ4n) is 1.56. The van der Waals surface area contributed by atoms with Gasteiger partial charge in [-0.05, 0) is 18.1 Å². The van der Waals surface area contributed by atoms with Crippen molar-refractivity contribution < 1.29 is 27.9 Å². The number of hydrogen-bond acceptors (Lipinski definition) is 2. The molecular formula is C13H15F3N2O3. The van der Waals surface area contributed by atoms with Crippen LogP contribution >= 0.6 is 0 Å². The summed E-state index contributed by atoms with van der Waals surface area (Å²) in [4.78, 5) is 23.1. The van der Waals surface area contributed by atoms with Gasteiger partial charge in [-0.3, -0.25) is 4.79 Å². The lowest BCUT2D eigenvalue weighted by Gasteiger charge is -2.17. The number of carboxylic acids is 1. The molecule has 0 aliphatic carbocycles. The average Bonchev–Trinajstić information content (AvgIpc) is 2.44. The molecule has 0 atom stereocenters. The number of aliphatic carboxylic acids is 1. The number of rotatable bonds is 6. The number of benzene rings is 1. The molecule has 1 aromatic rings. The minimum Gasteiger partial charge on any atom is -0.481 e. The van der Waals surface area contributed by atoms with Crippen LogP contribution in [0.1, 0.15) is 12.0 Å². The molecule has 0 aromatic heterocycles. The molecule has 2 amide bonds. The van der Waals surface area contributed by atoms with Gasteiger partial charge < -0.3 is 15.3 Å². The molecule has 0 aliphatic rings. The minimum absolute atomic E-state index is 0.0121. The van der Waals surface area contributed by atoms with E-state index in [4.69, 9.17) is 5.11 Å². The van der Waals surface area contributed by atoms with Crippen molar-refractivity contribution in [1.82, 2.24) is 10.2 Å². The molecule has 1 rings (SSSR count). The molecule has 21 heavy (non-hydrogen) atoms. The van der Waals surface area contributed by atoms with Crippen molar-refractivity contribution >= 4 is 12.0 Å². The fourth-order valence-corrected chi connectivity index (χ4v) is 1.56. The van der Waals surface area contributed by atoms with Crippen molar-refractivity contribution in [3.63, 3.8) is 0 Å². The minimum atomic E-state index is -1.54. The molecule has 0 fully saturated rings. The number of nitrogens with one attached hydrogen (secondary N) is 1. The number of amides is 2. The zero-order chi connectivity index (χ0) is 16.0. The first-order chi connectivity index (χ1) is 9.82. The Labute approximate surface area is 119 Å². The van der Waals surface area contributed by atoms with E-state index < -0.39 is 29.5 Å². The van der Waals surface area contributed by atoms with E-state index in [0.29, 0.717) is 0 Å². The molecule has 0 aliphatic heterocycles. The van der Waals surface area contributed by atoms with Gasteiger partial charge in [-0.2, -0.15) is 0 Å². The Hall–Kier alpha value is -2.25. The summed E-state index contributed by atoms with van der Waals surface area (Å²) >= 11 is 0. The molecule has 116 valence electrons. The Morgan fingerprint density at radius 2 is 1.90 bits per heavy atom. The maximum Gasteiger partial charge on any atom is 0.317 e. The quantitative estimate of drug-likeness (QED) is 0.787. The van der Waals surface area contributed by atoms with Crippen LogP contribution < -0.4 is 5.32 Å². The zero-order valence-electron chi connectivity index (χ0n) is 11.3. The number of carbonyl (C=O) groups excluding carboxylic acids is 1. The summed E-state index contributed by atoms with van der Waals surface area (Å²) in [7, 11) is 1.41. The number of urea groups is 1. The SMILES string of the molecule is CN(CCC(=O)O)C(=O)NCCc1ccc(F)c(F)c1F. The third-order valence-corrected chi connectivity index (χ3v) is 2.79. The van der Waals surface area contributed by atoms with E-state index in [1.807, 2.05) is 0 Å². The predicted octanol–water partition coefficient (Wildman–Crippen LogP) is 1.76. The highest BCUT2D eigenvalue weighted by Crippen LogP contribution is 2.15. The third kappa shape index (κ3) is 4.97. The van der Waals surface area contributed by atoms with Crippen LogP contribution in [0, 0.1) is 17.5 Å². The lowest BCUT2D eigenvalue weighted by atomic mass is 10.1. The van der Waals surface area contributed by atoms with Crippen LogP contribution in [0.3, 0.4) is 0 Å². The summed E-state index contributed by atoms with van der Waals surface area (Å²) in [6.45, 7) is 0.0406. The van der Waals surface area contributed by atoms with Crippen molar-refractivity contribution in [2.24, 2.45) is 0 Å². The van der Waals surface area contributed by atoms with Crippen LogP contribution in [0.2, 0.25) is 0 Å². The molecule has 0 spiro atoms. The Morgan fingerprint density at radius 3 is 2.52 bits per heavy atom. The van der Waals surface area contributed by atoms with Gasteiger partial charge in [0, 0.05) is 20.1 Å². The second kappa shape index (κ2) is 7.51. The van der Waals surface area contributed by atoms with E-state index in [0.717, 1.165) is 17.0 Å². The first-order valence-corrected chi connectivity index (χ1v) is 6.16. The molecule has 5 nitrogen and oxygen atoms in total. The largest absolute Gasteiger partial charge is 0.481 e. The van der Waals surface area contributed by atoms with Gasteiger partial charge in [0.15, 0.2) is 17.5 Å². The van der Waals surface area contributed by atoms with E-state index >= 15 is 0 Å². The summed E-state index contributed by atoms with van der Waals surface area (Å²) in [6.07, 6.45) is -0.205. The number of hydrogen-bond donors (Lipinski definition) is 2. The van der Waals surface area contributed by atoms with Gasteiger partial charge in [-0.15, -0.1) is 0 Å². The first-order valence-electron chi connectivity index (χ1n) is 6.16. The Kier molecular flexibility index (Phi) is 6.01. The number of carboxylic acid groups (broad SMARTS) is 1. The van der Waals surface area contributed by atoms with Crippen LogP contribution in [0.15, 0.2) is 12.1 Å². The molecule has 0 unspecified atom stereocenters. The van der Waals surface area contributed by atoms with Crippen LogP contribution in [-0.4, -0.2) is 42.1 Å². The van der Waals surface area contributed by atoms with E-state index in [1.165, 1.54) is 7.05 Å². The summed E-state index contributed by atoms with van der Waals surface area (Å²) < 4.78 is 39.1. The van der Waals surface area contributed by atoms with E-state index in [9.17, 15) is 22.8 Å². The van der Waals surface area contributed by atoms with Gasteiger partial charge >= 0.3 is 12.0 Å². The molecule has 0 bridgehead atoms. The smallest absolute Gasteiger partial charge is 0.317 e.